The first kappa shape index (κ1) is 9.04. The number of nitrogens with zero attached hydrogens (tertiary/aromatic N) is 2. The van der Waals surface area contributed by atoms with Crippen molar-refractivity contribution < 1.29 is 4.57 Å². The Morgan fingerprint density at radius 2 is 2.25 bits per heavy atom. The van der Waals surface area contributed by atoms with Gasteiger partial charge in [0.1, 0.15) is 12.4 Å². The Labute approximate surface area is 74.1 Å². The Bertz CT molecular complexity index is 267. The summed E-state index contributed by atoms with van der Waals surface area (Å²) in [6.07, 6.45) is 9.64. The minimum Gasteiger partial charge on any atom is -0.240 e. The van der Waals surface area contributed by atoms with Gasteiger partial charge in [0, 0.05) is 6.42 Å². The van der Waals surface area contributed by atoms with E-state index in [2.05, 4.69) is 47.8 Å². The molecule has 0 unspecified atom stereocenters. The largest absolute Gasteiger partial charge is 0.243 e. The number of aryl methyl sites for hydroxylation is 2. The van der Waals surface area contributed by atoms with Crippen LogP contribution in [0.5, 0.6) is 0 Å². The van der Waals surface area contributed by atoms with Crippen LogP contribution in [0.15, 0.2) is 30.4 Å². The van der Waals surface area contributed by atoms with Gasteiger partial charge in [0.2, 0.25) is 6.33 Å². The molecule has 0 radical (unpaired) electrons. The van der Waals surface area contributed by atoms with E-state index in [0.717, 1.165) is 13.0 Å². The third-order valence-corrected chi connectivity index (χ3v) is 1.76. The van der Waals surface area contributed by atoms with E-state index in [1.54, 1.807) is 0 Å². The maximum absolute atomic E-state index is 2.26. The zero-order valence-corrected chi connectivity index (χ0v) is 8.12. The van der Waals surface area contributed by atoms with Crippen LogP contribution in [0.25, 0.3) is 0 Å². The molecule has 1 aromatic rings. The Balaban J connectivity index is 2.38. The Kier molecular flexibility index (Phi) is 3.09. The van der Waals surface area contributed by atoms with Gasteiger partial charge < -0.3 is 0 Å². The van der Waals surface area contributed by atoms with E-state index in [1.807, 2.05) is 7.05 Å². The van der Waals surface area contributed by atoms with Gasteiger partial charge in [-0.1, -0.05) is 11.6 Å². The van der Waals surface area contributed by atoms with Gasteiger partial charge in [0.15, 0.2) is 0 Å². The molecule has 12 heavy (non-hydrogen) atoms. The van der Waals surface area contributed by atoms with Crippen LogP contribution in [0.2, 0.25) is 0 Å². The maximum atomic E-state index is 2.26. The van der Waals surface area contributed by atoms with Gasteiger partial charge in [0.05, 0.1) is 13.6 Å². The molecule has 0 spiro atoms. The van der Waals surface area contributed by atoms with Crippen molar-refractivity contribution in [2.45, 2.75) is 26.8 Å². The Hall–Kier alpha value is -1.05. The summed E-state index contributed by atoms with van der Waals surface area (Å²) in [5, 5.41) is 0. The average molecular weight is 165 g/mol. The highest BCUT2D eigenvalue weighted by molar-refractivity contribution is 4.92. The summed E-state index contributed by atoms with van der Waals surface area (Å²) >= 11 is 0. The smallest absolute Gasteiger partial charge is 0.240 e. The van der Waals surface area contributed by atoms with Crippen LogP contribution in [0.4, 0.5) is 0 Å². The number of hydrogen-bond acceptors (Lipinski definition) is 0. The first-order chi connectivity index (χ1) is 5.68. The zero-order valence-electron chi connectivity index (χ0n) is 8.12. The third kappa shape index (κ3) is 2.91. The second-order valence-electron chi connectivity index (χ2n) is 3.39. The van der Waals surface area contributed by atoms with Crippen LogP contribution < -0.4 is 4.57 Å². The molecule has 1 heterocycles. The molecule has 0 N–H and O–H groups in total. The lowest BCUT2D eigenvalue weighted by molar-refractivity contribution is -0.671. The molecule has 0 atom stereocenters. The highest BCUT2D eigenvalue weighted by Crippen LogP contribution is 1.95. The number of hydrogen-bond donors (Lipinski definition) is 0. The van der Waals surface area contributed by atoms with Crippen molar-refractivity contribution in [3.05, 3.63) is 30.4 Å². The molecule has 0 aliphatic heterocycles. The van der Waals surface area contributed by atoms with Crippen LogP contribution in [-0.4, -0.2) is 4.57 Å². The van der Waals surface area contributed by atoms with Crippen molar-refractivity contribution in [3.8, 4) is 0 Å². The van der Waals surface area contributed by atoms with Gasteiger partial charge in [-0.3, -0.25) is 0 Å². The second-order valence-corrected chi connectivity index (χ2v) is 3.39. The predicted molar refractivity (Wildman–Crippen MR) is 49.7 cm³/mol. The molecule has 0 saturated heterocycles. The summed E-state index contributed by atoms with van der Waals surface area (Å²) in [6, 6.07) is 0. The van der Waals surface area contributed by atoms with E-state index >= 15 is 0 Å². The molecule has 66 valence electrons. The molecule has 0 saturated carbocycles. The average Bonchev–Trinajstić information content (AvgIpc) is 2.35. The van der Waals surface area contributed by atoms with Crippen LogP contribution >= 0.6 is 0 Å². The summed E-state index contributed by atoms with van der Waals surface area (Å²) in [4.78, 5) is 0. The molecule has 0 aliphatic rings. The SMILES string of the molecule is CC(C)=CCCn1cc[n+](C)c1. The fourth-order valence-electron chi connectivity index (χ4n) is 1.14. The van der Waals surface area contributed by atoms with Crippen molar-refractivity contribution in [2.75, 3.05) is 0 Å². The van der Waals surface area contributed by atoms with Gasteiger partial charge in [-0.25, -0.2) is 9.13 Å². The standard InChI is InChI=1S/C10H17N2/c1-10(2)5-4-6-12-8-7-11(3)9-12/h5,7-9H,4,6H2,1-3H3/q+1. The molecule has 0 fully saturated rings. The van der Waals surface area contributed by atoms with Crippen LogP contribution in [-0.2, 0) is 13.6 Å². The lowest BCUT2D eigenvalue weighted by Gasteiger charge is -1.91. The van der Waals surface area contributed by atoms with Crippen molar-refractivity contribution in [1.82, 2.24) is 4.57 Å². The summed E-state index contributed by atoms with van der Waals surface area (Å²) in [6.45, 7) is 5.34. The quantitative estimate of drug-likeness (QED) is 0.476. The van der Waals surface area contributed by atoms with Gasteiger partial charge in [-0.2, -0.15) is 0 Å². The van der Waals surface area contributed by atoms with Gasteiger partial charge >= 0.3 is 0 Å². The van der Waals surface area contributed by atoms with Crippen molar-refractivity contribution in [2.24, 2.45) is 7.05 Å². The molecule has 1 rings (SSSR count). The molecular formula is C10H17N2+. The number of rotatable bonds is 3. The van der Waals surface area contributed by atoms with Crippen LogP contribution in [0.3, 0.4) is 0 Å². The molecular weight excluding hydrogens is 148 g/mol. The van der Waals surface area contributed by atoms with Gasteiger partial charge in [0.25, 0.3) is 0 Å². The van der Waals surface area contributed by atoms with E-state index in [-0.39, 0.29) is 0 Å². The van der Waals surface area contributed by atoms with E-state index in [1.165, 1.54) is 5.57 Å². The monoisotopic (exact) mass is 165 g/mol. The molecule has 0 amide bonds. The van der Waals surface area contributed by atoms with Crippen molar-refractivity contribution >= 4 is 0 Å². The molecule has 2 nitrogen and oxygen atoms in total. The number of imidazole rings is 1. The molecule has 0 aliphatic carbocycles. The van der Waals surface area contributed by atoms with Crippen molar-refractivity contribution in [1.29, 1.82) is 0 Å². The van der Waals surface area contributed by atoms with E-state index < -0.39 is 0 Å². The predicted octanol–water partition coefficient (Wildman–Crippen LogP) is 1.67. The summed E-state index contributed by atoms with van der Waals surface area (Å²) in [7, 11) is 2.04. The Morgan fingerprint density at radius 3 is 2.75 bits per heavy atom. The molecule has 1 aromatic heterocycles. The summed E-state index contributed by atoms with van der Waals surface area (Å²) < 4.78 is 4.25. The summed E-state index contributed by atoms with van der Waals surface area (Å²) in [5.41, 5.74) is 1.39. The van der Waals surface area contributed by atoms with Gasteiger partial charge in [-0.15, -0.1) is 0 Å². The third-order valence-electron chi connectivity index (χ3n) is 1.76. The normalized spacial score (nSPS) is 9.92. The van der Waals surface area contributed by atoms with E-state index in [4.69, 9.17) is 0 Å². The Morgan fingerprint density at radius 1 is 1.50 bits per heavy atom. The minimum absolute atomic E-state index is 1.08. The lowest BCUT2D eigenvalue weighted by atomic mass is 10.3. The second kappa shape index (κ2) is 4.10. The fraction of sp³-hybridized carbons (Fsp3) is 0.500. The minimum atomic E-state index is 1.08. The number of aromatic nitrogens is 2. The first-order valence-corrected chi connectivity index (χ1v) is 4.33. The molecule has 0 bridgehead atoms. The highest BCUT2D eigenvalue weighted by atomic mass is 15.1. The summed E-state index contributed by atoms with van der Waals surface area (Å²) in [5.74, 6) is 0. The van der Waals surface area contributed by atoms with E-state index in [9.17, 15) is 0 Å². The fourth-order valence-corrected chi connectivity index (χ4v) is 1.14. The zero-order chi connectivity index (χ0) is 8.97. The van der Waals surface area contributed by atoms with Crippen LogP contribution in [0.1, 0.15) is 20.3 Å². The highest BCUT2D eigenvalue weighted by Gasteiger charge is 1.96. The van der Waals surface area contributed by atoms with Crippen LogP contribution in [0, 0.1) is 0 Å². The maximum Gasteiger partial charge on any atom is 0.243 e. The van der Waals surface area contributed by atoms with Gasteiger partial charge in [-0.05, 0) is 13.8 Å². The number of allylic oxidation sites excluding steroid dienone is 2. The van der Waals surface area contributed by atoms with E-state index in [0.29, 0.717) is 0 Å². The molecule has 0 aromatic carbocycles. The lowest BCUT2D eigenvalue weighted by Crippen LogP contribution is -2.23. The topological polar surface area (TPSA) is 8.81 Å². The molecule has 2 heteroatoms. The first-order valence-electron chi connectivity index (χ1n) is 4.33. The van der Waals surface area contributed by atoms with Crippen molar-refractivity contribution in [3.63, 3.8) is 0 Å².